The van der Waals surface area contributed by atoms with Crippen molar-refractivity contribution < 1.29 is 9.90 Å². The minimum atomic E-state index is -0.724. The molecule has 1 N–H and O–H groups in total. The Labute approximate surface area is 122 Å². The fourth-order valence-corrected chi connectivity index (χ4v) is 2.99. The summed E-state index contributed by atoms with van der Waals surface area (Å²) in [6, 6.07) is 10.0. The normalized spacial score (nSPS) is 26.9. The molecule has 1 aromatic rings. The van der Waals surface area contributed by atoms with Crippen molar-refractivity contribution >= 4 is 5.97 Å². The molecular formula is C18H24O2. The maximum absolute atomic E-state index is 11.9. The summed E-state index contributed by atoms with van der Waals surface area (Å²) in [6.07, 6.45) is 3.42. The van der Waals surface area contributed by atoms with E-state index in [1.807, 2.05) is 12.1 Å². The lowest BCUT2D eigenvalue weighted by Gasteiger charge is -2.36. The van der Waals surface area contributed by atoms with Crippen LogP contribution in [0.1, 0.15) is 64.5 Å². The SMILES string of the molecule is CC1CCC(C(=O)O)(c2cc#cc(C(C)(C)C)c2)CC1. The van der Waals surface area contributed by atoms with Crippen LogP contribution in [0.5, 0.6) is 0 Å². The molecule has 1 aliphatic carbocycles. The molecule has 1 aromatic carbocycles. The summed E-state index contributed by atoms with van der Waals surface area (Å²) >= 11 is 0. The van der Waals surface area contributed by atoms with Crippen LogP contribution in [0.3, 0.4) is 0 Å². The summed E-state index contributed by atoms with van der Waals surface area (Å²) in [4.78, 5) is 11.9. The van der Waals surface area contributed by atoms with E-state index in [2.05, 4.69) is 39.8 Å². The Hall–Kier alpha value is -1.49. The number of carboxylic acids is 1. The maximum atomic E-state index is 11.9. The van der Waals surface area contributed by atoms with Crippen LogP contribution in [0.15, 0.2) is 12.1 Å². The molecule has 108 valence electrons. The van der Waals surface area contributed by atoms with E-state index >= 15 is 0 Å². The molecule has 0 aromatic heterocycles. The third-order valence-corrected chi connectivity index (χ3v) is 4.63. The van der Waals surface area contributed by atoms with Gasteiger partial charge in [0.25, 0.3) is 0 Å². The third-order valence-electron chi connectivity index (χ3n) is 4.63. The van der Waals surface area contributed by atoms with Gasteiger partial charge < -0.3 is 5.11 Å². The zero-order valence-corrected chi connectivity index (χ0v) is 12.9. The molecule has 0 aliphatic heterocycles. The van der Waals surface area contributed by atoms with E-state index in [1.165, 1.54) is 0 Å². The van der Waals surface area contributed by atoms with Gasteiger partial charge in [-0.1, -0.05) is 39.8 Å². The van der Waals surface area contributed by atoms with Crippen LogP contribution in [0, 0.1) is 18.1 Å². The van der Waals surface area contributed by atoms with Crippen molar-refractivity contribution in [3.63, 3.8) is 0 Å². The lowest BCUT2D eigenvalue weighted by atomic mass is 9.66. The van der Waals surface area contributed by atoms with E-state index in [0.717, 1.165) is 36.8 Å². The van der Waals surface area contributed by atoms with Gasteiger partial charge in [-0.05, 0) is 54.7 Å². The number of carbonyl (C=O) groups is 1. The highest BCUT2D eigenvalue weighted by atomic mass is 16.4. The van der Waals surface area contributed by atoms with Gasteiger partial charge in [0.1, 0.15) is 0 Å². The Balaban J connectivity index is 2.43. The molecule has 2 heteroatoms. The Bertz CT molecular complexity index is 488. The molecule has 0 unspecified atom stereocenters. The lowest BCUT2D eigenvalue weighted by Crippen LogP contribution is -2.39. The highest BCUT2D eigenvalue weighted by Gasteiger charge is 2.43. The summed E-state index contributed by atoms with van der Waals surface area (Å²) in [7, 11) is 0. The second-order valence-corrected chi connectivity index (χ2v) is 7.25. The number of aliphatic carboxylic acids is 1. The topological polar surface area (TPSA) is 37.3 Å². The average Bonchev–Trinajstić information content (AvgIpc) is 2.39. The zero-order valence-electron chi connectivity index (χ0n) is 12.9. The Morgan fingerprint density at radius 2 is 1.95 bits per heavy atom. The number of carboxylic acid groups (broad SMARTS) is 1. The molecule has 1 aliphatic rings. The Kier molecular flexibility index (Phi) is 3.82. The van der Waals surface area contributed by atoms with Crippen LogP contribution in [-0.4, -0.2) is 11.1 Å². The Morgan fingerprint density at radius 3 is 2.45 bits per heavy atom. The number of hydrogen-bond acceptors (Lipinski definition) is 1. The number of hydrogen-bond donors (Lipinski definition) is 1. The fourth-order valence-electron chi connectivity index (χ4n) is 2.99. The van der Waals surface area contributed by atoms with E-state index in [9.17, 15) is 9.90 Å². The fraction of sp³-hybridized carbons (Fsp3) is 0.611. The second kappa shape index (κ2) is 5.13. The van der Waals surface area contributed by atoms with Gasteiger partial charge in [0.2, 0.25) is 0 Å². The van der Waals surface area contributed by atoms with Crippen LogP contribution in [-0.2, 0) is 15.6 Å². The van der Waals surface area contributed by atoms with E-state index in [1.54, 1.807) is 0 Å². The van der Waals surface area contributed by atoms with E-state index < -0.39 is 11.4 Å². The predicted molar refractivity (Wildman–Crippen MR) is 79.8 cm³/mol. The van der Waals surface area contributed by atoms with Gasteiger partial charge in [-0.25, -0.2) is 0 Å². The van der Waals surface area contributed by atoms with Gasteiger partial charge in [0, 0.05) is 5.56 Å². The molecule has 0 atom stereocenters. The zero-order chi connectivity index (χ0) is 15.0. The average molecular weight is 272 g/mol. The van der Waals surface area contributed by atoms with Gasteiger partial charge in [0.15, 0.2) is 0 Å². The first kappa shape index (κ1) is 14.9. The molecule has 1 fully saturated rings. The second-order valence-electron chi connectivity index (χ2n) is 7.25. The van der Waals surface area contributed by atoms with Crippen molar-refractivity contribution in [3.8, 4) is 0 Å². The van der Waals surface area contributed by atoms with Gasteiger partial charge in [-0.2, -0.15) is 0 Å². The quantitative estimate of drug-likeness (QED) is 0.879. The van der Waals surface area contributed by atoms with Crippen LogP contribution in [0.4, 0.5) is 0 Å². The summed E-state index contributed by atoms with van der Waals surface area (Å²) in [5.74, 6) is -0.0623. The first-order valence-electron chi connectivity index (χ1n) is 7.43. The van der Waals surface area contributed by atoms with E-state index in [-0.39, 0.29) is 5.41 Å². The van der Waals surface area contributed by atoms with Crippen LogP contribution in [0.2, 0.25) is 0 Å². The van der Waals surface area contributed by atoms with Crippen LogP contribution in [0.25, 0.3) is 0 Å². The van der Waals surface area contributed by atoms with Crippen molar-refractivity contribution in [2.24, 2.45) is 5.92 Å². The molecule has 2 rings (SSSR count). The first-order valence-corrected chi connectivity index (χ1v) is 7.43. The van der Waals surface area contributed by atoms with Gasteiger partial charge in [-0.15, -0.1) is 0 Å². The van der Waals surface area contributed by atoms with Gasteiger partial charge in [0.05, 0.1) is 5.41 Å². The van der Waals surface area contributed by atoms with Crippen LogP contribution >= 0.6 is 0 Å². The minimum Gasteiger partial charge on any atom is -0.481 e. The molecule has 0 spiro atoms. The molecule has 20 heavy (non-hydrogen) atoms. The van der Waals surface area contributed by atoms with Crippen molar-refractivity contribution in [2.45, 2.75) is 64.2 Å². The maximum Gasteiger partial charge on any atom is 0.314 e. The number of rotatable bonds is 2. The summed E-state index contributed by atoms with van der Waals surface area (Å²) in [5.41, 5.74) is 1.18. The smallest absolute Gasteiger partial charge is 0.314 e. The van der Waals surface area contributed by atoms with Gasteiger partial charge >= 0.3 is 5.97 Å². The molecule has 0 bridgehead atoms. The molecule has 2 nitrogen and oxygen atoms in total. The summed E-state index contributed by atoms with van der Waals surface area (Å²) < 4.78 is 0. The Morgan fingerprint density at radius 1 is 1.35 bits per heavy atom. The van der Waals surface area contributed by atoms with E-state index in [0.29, 0.717) is 5.92 Å². The summed E-state index contributed by atoms with van der Waals surface area (Å²) in [5, 5.41) is 9.80. The van der Waals surface area contributed by atoms with Gasteiger partial charge in [-0.3, -0.25) is 4.79 Å². The predicted octanol–water partition coefficient (Wildman–Crippen LogP) is 4.12. The summed E-state index contributed by atoms with van der Waals surface area (Å²) in [6.45, 7) is 8.56. The van der Waals surface area contributed by atoms with Crippen molar-refractivity contribution in [3.05, 3.63) is 35.4 Å². The van der Waals surface area contributed by atoms with Crippen molar-refractivity contribution in [2.75, 3.05) is 0 Å². The van der Waals surface area contributed by atoms with Crippen LogP contribution < -0.4 is 0 Å². The monoisotopic (exact) mass is 272 g/mol. The molecular weight excluding hydrogens is 248 g/mol. The highest BCUT2D eigenvalue weighted by molar-refractivity contribution is 5.81. The largest absolute Gasteiger partial charge is 0.481 e. The minimum absolute atomic E-state index is 0.0336. The third kappa shape index (κ3) is 2.68. The molecule has 0 radical (unpaired) electrons. The van der Waals surface area contributed by atoms with Crippen molar-refractivity contribution in [1.82, 2.24) is 0 Å². The molecule has 1 saturated carbocycles. The molecule has 0 heterocycles. The molecule has 0 amide bonds. The van der Waals surface area contributed by atoms with E-state index in [4.69, 9.17) is 0 Å². The highest BCUT2D eigenvalue weighted by Crippen LogP contribution is 2.42. The van der Waals surface area contributed by atoms with Crippen molar-refractivity contribution in [1.29, 1.82) is 0 Å². The standard InChI is InChI=1S/C18H24O2/c1-13-8-10-18(11-9-13,16(19)20)15-7-5-6-14(12-15)17(2,3)4/h7,12-13H,8-11H2,1-4H3,(H,19,20). The molecule has 0 saturated heterocycles. The first-order chi connectivity index (χ1) is 9.25. The lowest BCUT2D eigenvalue weighted by molar-refractivity contribution is -0.145.